The lowest BCUT2D eigenvalue weighted by atomic mass is 10.1. The number of amides is 2. The molecule has 0 saturated carbocycles. The van der Waals surface area contributed by atoms with E-state index in [0.29, 0.717) is 41.5 Å². The molecule has 0 radical (unpaired) electrons. The lowest BCUT2D eigenvalue weighted by Gasteiger charge is -2.12. The van der Waals surface area contributed by atoms with Crippen molar-refractivity contribution in [2.75, 3.05) is 18.5 Å². The van der Waals surface area contributed by atoms with Crippen molar-refractivity contribution in [3.63, 3.8) is 0 Å². The summed E-state index contributed by atoms with van der Waals surface area (Å²) >= 11 is 0. The van der Waals surface area contributed by atoms with E-state index >= 15 is 0 Å². The van der Waals surface area contributed by atoms with Gasteiger partial charge in [-0.2, -0.15) is 5.10 Å². The first-order chi connectivity index (χ1) is 18.4. The number of aryl methyl sites for hydroxylation is 1. The number of esters is 1. The molecule has 2 amide bonds. The number of benzene rings is 3. The summed E-state index contributed by atoms with van der Waals surface area (Å²) in [4.78, 5) is 36.8. The quantitative estimate of drug-likeness (QED) is 0.125. The van der Waals surface area contributed by atoms with Gasteiger partial charge in [-0.15, -0.1) is 0 Å². The number of anilines is 1. The molecular weight excluding hydrogens is 486 g/mol. The third kappa shape index (κ3) is 8.19. The van der Waals surface area contributed by atoms with Gasteiger partial charge in [0.1, 0.15) is 5.75 Å². The number of ether oxygens (including phenoxy) is 3. The minimum Gasteiger partial charge on any atom is -0.494 e. The highest BCUT2D eigenvalue weighted by Gasteiger charge is 2.15. The molecule has 3 rings (SSSR count). The molecule has 9 heteroatoms. The minimum absolute atomic E-state index is 0.234. The van der Waals surface area contributed by atoms with E-state index in [9.17, 15) is 14.4 Å². The number of carbonyl (C=O) groups is 3. The summed E-state index contributed by atoms with van der Waals surface area (Å²) in [6.07, 6.45) is 3.12. The molecule has 38 heavy (non-hydrogen) atoms. The number of carbonyl (C=O) groups excluding carboxylic acids is 3. The Hall–Kier alpha value is -4.66. The molecular formula is C29H31N3O6. The molecule has 0 aliphatic heterocycles. The Bertz CT molecular complexity index is 1270. The van der Waals surface area contributed by atoms with Gasteiger partial charge in [-0.05, 0) is 85.5 Å². The molecule has 0 atom stereocenters. The smallest absolute Gasteiger partial charge is 0.343 e. The Labute approximate surface area is 221 Å². The van der Waals surface area contributed by atoms with Crippen LogP contribution >= 0.6 is 0 Å². The zero-order chi connectivity index (χ0) is 27.3. The third-order valence-corrected chi connectivity index (χ3v) is 5.24. The van der Waals surface area contributed by atoms with Gasteiger partial charge in [0.2, 0.25) is 0 Å². The second kappa shape index (κ2) is 14.2. The van der Waals surface area contributed by atoms with Crippen molar-refractivity contribution in [1.29, 1.82) is 0 Å². The van der Waals surface area contributed by atoms with Crippen LogP contribution in [0.5, 0.6) is 17.2 Å². The Balaban J connectivity index is 1.59. The zero-order valence-electron chi connectivity index (χ0n) is 21.7. The van der Waals surface area contributed by atoms with E-state index in [2.05, 4.69) is 15.8 Å². The fourth-order valence-corrected chi connectivity index (χ4v) is 3.25. The monoisotopic (exact) mass is 517 g/mol. The lowest BCUT2D eigenvalue weighted by Crippen LogP contribution is -2.32. The molecule has 0 fully saturated rings. The van der Waals surface area contributed by atoms with Gasteiger partial charge in [-0.25, -0.2) is 10.2 Å². The van der Waals surface area contributed by atoms with Gasteiger partial charge in [-0.3, -0.25) is 9.59 Å². The number of nitrogens with zero attached hydrogens (tertiary/aromatic N) is 1. The number of rotatable bonds is 11. The highest BCUT2D eigenvalue weighted by Crippen LogP contribution is 2.29. The number of hydrogen-bond donors (Lipinski definition) is 2. The maximum absolute atomic E-state index is 12.6. The topological polar surface area (TPSA) is 115 Å². The first-order valence-electron chi connectivity index (χ1n) is 12.4. The number of hydrogen-bond acceptors (Lipinski definition) is 7. The van der Waals surface area contributed by atoms with Gasteiger partial charge < -0.3 is 19.5 Å². The van der Waals surface area contributed by atoms with Crippen molar-refractivity contribution >= 4 is 29.7 Å². The van der Waals surface area contributed by atoms with Crippen LogP contribution in [0.15, 0.2) is 71.8 Å². The first kappa shape index (κ1) is 27.9. The van der Waals surface area contributed by atoms with E-state index in [4.69, 9.17) is 14.2 Å². The summed E-state index contributed by atoms with van der Waals surface area (Å²) in [5, 5.41) is 6.36. The highest BCUT2D eigenvalue weighted by molar-refractivity contribution is 6.39. The van der Waals surface area contributed by atoms with Crippen molar-refractivity contribution in [3.05, 3.63) is 83.4 Å². The third-order valence-electron chi connectivity index (χ3n) is 5.24. The van der Waals surface area contributed by atoms with Crippen LogP contribution in [0.2, 0.25) is 0 Å². The summed E-state index contributed by atoms with van der Waals surface area (Å²) < 4.78 is 16.7. The van der Waals surface area contributed by atoms with Crippen molar-refractivity contribution < 1.29 is 28.6 Å². The van der Waals surface area contributed by atoms with E-state index in [-0.39, 0.29) is 5.75 Å². The van der Waals surface area contributed by atoms with Gasteiger partial charge >= 0.3 is 17.8 Å². The van der Waals surface area contributed by atoms with E-state index in [1.54, 1.807) is 61.5 Å². The molecule has 3 aromatic carbocycles. The summed E-state index contributed by atoms with van der Waals surface area (Å²) in [5.41, 5.74) is 4.75. The molecule has 9 nitrogen and oxygen atoms in total. The summed E-state index contributed by atoms with van der Waals surface area (Å²) in [5.74, 6) is -1.06. The average Bonchev–Trinajstić information content (AvgIpc) is 2.94. The van der Waals surface area contributed by atoms with Crippen LogP contribution in [0.1, 0.15) is 48.7 Å². The second-order valence-electron chi connectivity index (χ2n) is 8.11. The number of nitrogens with one attached hydrogen (secondary N) is 2. The molecule has 0 unspecified atom stereocenters. The van der Waals surface area contributed by atoms with Crippen LogP contribution in [0.3, 0.4) is 0 Å². The second-order valence-corrected chi connectivity index (χ2v) is 8.11. The van der Waals surface area contributed by atoms with Crippen LogP contribution in [-0.2, 0) is 16.0 Å². The Kier molecular flexibility index (Phi) is 10.4. The standard InChI is InChI=1S/C29H31N3O6/c1-4-17-37-24-14-10-22(11-15-24)29(35)38-25-16-9-21(18-26(25)36-6-3)19-30-32-28(34)27(33)31-23-12-7-20(5-2)8-13-23/h7-16,18-19H,4-6,17H2,1-3H3,(H,31,33)(H,32,34)/b30-19-. The Morgan fingerprint density at radius 1 is 0.842 bits per heavy atom. The molecule has 2 N–H and O–H groups in total. The van der Waals surface area contributed by atoms with Crippen molar-refractivity contribution in [3.8, 4) is 17.2 Å². The number of hydrazone groups is 1. The van der Waals surface area contributed by atoms with Gasteiger partial charge in [0.05, 0.1) is 25.0 Å². The van der Waals surface area contributed by atoms with E-state index in [1.165, 1.54) is 6.21 Å². The zero-order valence-corrected chi connectivity index (χ0v) is 21.7. The molecule has 3 aromatic rings. The van der Waals surface area contributed by atoms with Gasteiger partial charge in [0.15, 0.2) is 11.5 Å². The van der Waals surface area contributed by atoms with Crippen molar-refractivity contribution in [2.45, 2.75) is 33.6 Å². The van der Waals surface area contributed by atoms with Crippen LogP contribution in [-0.4, -0.2) is 37.2 Å². The predicted molar refractivity (Wildman–Crippen MR) is 145 cm³/mol. The molecule has 0 bridgehead atoms. The summed E-state index contributed by atoms with van der Waals surface area (Å²) in [6.45, 7) is 6.78. The Morgan fingerprint density at radius 2 is 1.58 bits per heavy atom. The Morgan fingerprint density at radius 3 is 2.24 bits per heavy atom. The van der Waals surface area contributed by atoms with E-state index < -0.39 is 17.8 Å². The van der Waals surface area contributed by atoms with E-state index in [0.717, 1.165) is 18.4 Å². The van der Waals surface area contributed by atoms with Crippen molar-refractivity contribution in [1.82, 2.24) is 5.43 Å². The predicted octanol–water partition coefficient (Wildman–Crippen LogP) is 4.74. The van der Waals surface area contributed by atoms with Gasteiger partial charge in [0, 0.05) is 5.69 Å². The van der Waals surface area contributed by atoms with E-state index in [1.807, 2.05) is 26.0 Å². The van der Waals surface area contributed by atoms with Crippen molar-refractivity contribution in [2.24, 2.45) is 5.10 Å². The van der Waals surface area contributed by atoms with Gasteiger partial charge in [-0.1, -0.05) is 26.0 Å². The fourth-order valence-electron chi connectivity index (χ4n) is 3.25. The molecule has 0 heterocycles. The molecule has 0 spiro atoms. The molecule has 0 aliphatic carbocycles. The maximum atomic E-state index is 12.6. The van der Waals surface area contributed by atoms with Gasteiger partial charge in [0.25, 0.3) is 0 Å². The average molecular weight is 518 g/mol. The molecule has 0 aliphatic rings. The first-order valence-corrected chi connectivity index (χ1v) is 12.4. The van der Waals surface area contributed by atoms with Crippen LogP contribution < -0.4 is 25.0 Å². The normalized spacial score (nSPS) is 10.6. The maximum Gasteiger partial charge on any atom is 0.343 e. The fraction of sp³-hybridized carbons (Fsp3) is 0.241. The van der Waals surface area contributed by atoms with Crippen LogP contribution in [0.25, 0.3) is 0 Å². The van der Waals surface area contributed by atoms with Crippen LogP contribution in [0, 0.1) is 0 Å². The summed E-state index contributed by atoms with van der Waals surface area (Å²) in [7, 11) is 0. The van der Waals surface area contributed by atoms with Crippen LogP contribution in [0.4, 0.5) is 5.69 Å². The summed E-state index contributed by atoms with van der Waals surface area (Å²) in [6, 6.07) is 18.7. The SMILES string of the molecule is CCCOc1ccc(C(=O)Oc2ccc(/C=N\NC(=O)C(=O)Nc3ccc(CC)cc3)cc2OCC)cc1. The molecule has 198 valence electrons. The largest absolute Gasteiger partial charge is 0.494 e. The highest BCUT2D eigenvalue weighted by atomic mass is 16.6. The molecule has 0 saturated heterocycles. The minimum atomic E-state index is -0.914. The molecule has 0 aromatic heterocycles. The lowest BCUT2D eigenvalue weighted by molar-refractivity contribution is -0.136.